The number of ketones is 1. The van der Waals surface area contributed by atoms with Gasteiger partial charge in [-0.25, -0.2) is 0 Å². The topological polar surface area (TPSA) is 83.8 Å². The Bertz CT molecular complexity index is 834. The lowest BCUT2D eigenvalue weighted by Crippen LogP contribution is -2.67. The molecular formula is C29H46O5. The van der Waals surface area contributed by atoms with Gasteiger partial charge in [-0.15, -0.1) is 0 Å². The van der Waals surface area contributed by atoms with E-state index in [1.807, 2.05) is 6.92 Å². The largest absolute Gasteiger partial charge is 0.461 e. The predicted octanol–water partition coefficient (Wildman–Crippen LogP) is 5.23. The number of aliphatic hydroxyl groups excluding tert-OH is 1. The Hall–Kier alpha value is -1.20. The molecule has 5 nitrogen and oxygen atoms in total. The highest BCUT2D eigenvalue weighted by Gasteiger charge is 2.67. The molecule has 34 heavy (non-hydrogen) atoms. The molecule has 4 rings (SSSR count). The van der Waals surface area contributed by atoms with Gasteiger partial charge in [0.15, 0.2) is 5.78 Å². The fraction of sp³-hybridized carbons (Fsp3) is 0.862. The zero-order valence-corrected chi connectivity index (χ0v) is 21.9. The van der Waals surface area contributed by atoms with E-state index in [-0.39, 0.29) is 23.6 Å². The first-order valence-corrected chi connectivity index (χ1v) is 13.6. The van der Waals surface area contributed by atoms with Crippen LogP contribution in [0.2, 0.25) is 0 Å². The van der Waals surface area contributed by atoms with Crippen molar-refractivity contribution in [1.29, 1.82) is 0 Å². The van der Waals surface area contributed by atoms with Gasteiger partial charge in [0.25, 0.3) is 0 Å². The summed E-state index contributed by atoms with van der Waals surface area (Å²) >= 11 is 0. The number of allylic oxidation sites excluding steroid dienone is 1. The Morgan fingerprint density at radius 2 is 1.88 bits per heavy atom. The van der Waals surface area contributed by atoms with Crippen LogP contribution in [0.15, 0.2) is 11.6 Å². The van der Waals surface area contributed by atoms with Crippen LogP contribution in [-0.2, 0) is 14.3 Å². The highest BCUT2D eigenvalue weighted by molar-refractivity contribution is 5.89. The highest BCUT2D eigenvalue weighted by atomic mass is 16.5. The summed E-state index contributed by atoms with van der Waals surface area (Å²) in [4.78, 5) is 24.4. The van der Waals surface area contributed by atoms with Gasteiger partial charge in [-0.2, -0.15) is 0 Å². The van der Waals surface area contributed by atoms with Crippen LogP contribution < -0.4 is 0 Å². The molecule has 0 spiro atoms. The fourth-order valence-corrected chi connectivity index (χ4v) is 9.06. The van der Waals surface area contributed by atoms with Gasteiger partial charge in [-0.05, 0) is 98.9 Å². The maximum Gasteiger partial charge on any atom is 0.302 e. The van der Waals surface area contributed by atoms with E-state index < -0.39 is 17.1 Å². The monoisotopic (exact) mass is 474 g/mol. The zero-order chi connectivity index (χ0) is 24.9. The van der Waals surface area contributed by atoms with Gasteiger partial charge in [0, 0.05) is 25.2 Å². The maximum absolute atomic E-state index is 13.4. The average Bonchev–Trinajstić information content (AvgIpc) is 3.12. The number of ether oxygens (including phenoxy) is 1. The molecule has 0 heterocycles. The first-order chi connectivity index (χ1) is 15.9. The standard InChI is InChI=1S/C29H46O5/c1-18(17-34-20(3)30)7-6-8-19(2)23-9-10-24-22-15-26(32)29(33)16-21(31)11-14-28(29,5)25(22)12-13-27(23,24)4/h7,19,21-25,31,33H,6,8-17H2,1-5H3. The zero-order valence-electron chi connectivity index (χ0n) is 21.9. The Labute approximate surface area is 205 Å². The van der Waals surface area contributed by atoms with Gasteiger partial charge in [-0.3, -0.25) is 9.59 Å². The molecule has 0 aromatic rings. The Morgan fingerprint density at radius 1 is 1.15 bits per heavy atom. The smallest absolute Gasteiger partial charge is 0.302 e. The molecule has 9 unspecified atom stereocenters. The molecule has 0 amide bonds. The first-order valence-electron chi connectivity index (χ1n) is 13.6. The van der Waals surface area contributed by atoms with Crippen LogP contribution in [0.1, 0.15) is 98.8 Å². The molecule has 4 saturated carbocycles. The van der Waals surface area contributed by atoms with Crippen LogP contribution in [0, 0.1) is 40.4 Å². The first kappa shape index (κ1) is 25.9. The molecule has 4 fully saturated rings. The minimum Gasteiger partial charge on any atom is -0.461 e. The van der Waals surface area contributed by atoms with Crippen LogP contribution in [0.25, 0.3) is 0 Å². The number of fused-ring (bicyclic) bond motifs is 5. The molecule has 0 aromatic carbocycles. The van der Waals surface area contributed by atoms with E-state index in [1.54, 1.807) is 0 Å². The van der Waals surface area contributed by atoms with E-state index in [4.69, 9.17) is 4.74 Å². The molecule has 4 aliphatic rings. The van der Waals surface area contributed by atoms with Gasteiger partial charge in [-0.1, -0.05) is 26.8 Å². The lowest BCUT2D eigenvalue weighted by Gasteiger charge is -2.63. The van der Waals surface area contributed by atoms with Crippen molar-refractivity contribution in [2.45, 2.75) is 111 Å². The van der Waals surface area contributed by atoms with Crippen LogP contribution in [0.5, 0.6) is 0 Å². The minimum atomic E-state index is -1.35. The van der Waals surface area contributed by atoms with Crippen molar-refractivity contribution in [3.63, 3.8) is 0 Å². The van der Waals surface area contributed by atoms with E-state index in [0.29, 0.717) is 49.0 Å². The van der Waals surface area contributed by atoms with Crippen molar-refractivity contribution in [1.82, 2.24) is 0 Å². The van der Waals surface area contributed by atoms with E-state index in [9.17, 15) is 19.8 Å². The number of hydrogen-bond acceptors (Lipinski definition) is 5. The Balaban J connectivity index is 1.45. The molecule has 5 heteroatoms. The minimum absolute atomic E-state index is 0.0101. The summed E-state index contributed by atoms with van der Waals surface area (Å²) < 4.78 is 5.10. The molecule has 192 valence electrons. The van der Waals surface area contributed by atoms with Gasteiger partial charge in [0.2, 0.25) is 0 Å². The predicted molar refractivity (Wildman–Crippen MR) is 132 cm³/mol. The lowest BCUT2D eigenvalue weighted by atomic mass is 9.42. The van der Waals surface area contributed by atoms with Gasteiger partial charge < -0.3 is 14.9 Å². The molecule has 0 bridgehead atoms. The third-order valence-electron chi connectivity index (χ3n) is 11.0. The second-order valence-corrected chi connectivity index (χ2v) is 12.8. The van der Waals surface area contributed by atoms with Crippen molar-refractivity contribution in [2.75, 3.05) is 6.61 Å². The summed E-state index contributed by atoms with van der Waals surface area (Å²) in [6.45, 7) is 10.9. The molecule has 9 atom stereocenters. The second-order valence-electron chi connectivity index (χ2n) is 12.8. The third kappa shape index (κ3) is 4.19. The van der Waals surface area contributed by atoms with E-state index in [1.165, 1.54) is 26.2 Å². The SMILES string of the molecule is CC(=O)OCC(C)=CCCC(C)C1CCC2C3CC(=O)C4(O)CC(O)CCC4(C)C3CCC12C. The number of carbonyl (C=O) groups excluding carboxylic acids is 2. The number of rotatable bonds is 6. The summed E-state index contributed by atoms with van der Waals surface area (Å²) in [5, 5.41) is 21.8. The highest BCUT2D eigenvalue weighted by Crippen LogP contribution is 2.68. The molecule has 2 N–H and O–H groups in total. The van der Waals surface area contributed by atoms with Gasteiger partial charge in [0.1, 0.15) is 12.2 Å². The molecule has 0 radical (unpaired) electrons. The van der Waals surface area contributed by atoms with Crippen molar-refractivity contribution in [3.05, 3.63) is 11.6 Å². The van der Waals surface area contributed by atoms with Crippen LogP contribution in [-0.4, -0.2) is 40.3 Å². The summed E-state index contributed by atoms with van der Waals surface area (Å²) in [5.74, 6) is 2.33. The summed E-state index contributed by atoms with van der Waals surface area (Å²) in [6.07, 6.45) is 10.6. The third-order valence-corrected chi connectivity index (χ3v) is 11.0. The lowest BCUT2D eigenvalue weighted by molar-refractivity contribution is -0.213. The van der Waals surface area contributed by atoms with Crippen LogP contribution >= 0.6 is 0 Å². The van der Waals surface area contributed by atoms with Crippen LogP contribution in [0.4, 0.5) is 0 Å². The molecule has 0 aliphatic heterocycles. The second kappa shape index (κ2) is 9.35. The van der Waals surface area contributed by atoms with Crippen molar-refractivity contribution >= 4 is 11.8 Å². The Morgan fingerprint density at radius 3 is 2.59 bits per heavy atom. The van der Waals surface area contributed by atoms with E-state index in [0.717, 1.165) is 31.3 Å². The molecule has 0 saturated heterocycles. The van der Waals surface area contributed by atoms with Crippen molar-refractivity contribution < 1.29 is 24.5 Å². The van der Waals surface area contributed by atoms with Crippen LogP contribution in [0.3, 0.4) is 0 Å². The summed E-state index contributed by atoms with van der Waals surface area (Å²) in [6, 6.07) is 0. The fourth-order valence-electron chi connectivity index (χ4n) is 9.06. The van der Waals surface area contributed by atoms with Gasteiger partial charge in [0.05, 0.1) is 6.10 Å². The normalized spacial score (nSPS) is 45.2. The van der Waals surface area contributed by atoms with Crippen molar-refractivity contribution in [2.24, 2.45) is 40.4 Å². The van der Waals surface area contributed by atoms with E-state index in [2.05, 4.69) is 26.8 Å². The molecule has 4 aliphatic carbocycles. The number of aliphatic hydroxyl groups is 2. The summed E-state index contributed by atoms with van der Waals surface area (Å²) in [5.41, 5.74) is -0.377. The quantitative estimate of drug-likeness (QED) is 0.407. The number of Topliss-reactive ketones (excluding diaryl/α,β-unsaturated/α-hetero) is 1. The number of carbonyl (C=O) groups is 2. The molecular weight excluding hydrogens is 428 g/mol. The van der Waals surface area contributed by atoms with Crippen molar-refractivity contribution in [3.8, 4) is 0 Å². The summed E-state index contributed by atoms with van der Waals surface area (Å²) in [7, 11) is 0. The van der Waals surface area contributed by atoms with E-state index >= 15 is 0 Å². The maximum atomic E-state index is 13.4. The Kier molecular flexibility index (Phi) is 7.12. The molecule has 0 aromatic heterocycles. The average molecular weight is 475 g/mol. The number of hydrogen-bond donors (Lipinski definition) is 2. The number of esters is 1. The van der Waals surface area contributed by atoms with Gasteiger partial charge >= 0.3 is 5.97 Å².